The first-order valence-corrected chi connectivity index (χ1v) is 11.6. The molecule has 3 amide bonds. The van der Waals surface area contributed by atoms with Crippen molar-refractivity contribution in [3.8, 4) is 5.75 Å². The molecule has 0 radical (unpaired) electrons. The molecule has 10 heteroatoms. The van der Waals surface area contributed by atoms with Gasteiger partial charge in [-0.25, -0.2) is 4.79 Å². The second kappa shape index (κ2) is 11.4. The van der Waals surface area contributed by atoms with Crippen molar-refractivity contribution in [3.63, 3.8) is 0 Å². The molecule has 0 spiro atoms. The highest BCUT2D eigenvalue weighted by Gasteiger charge is 2.24. The Morgan fingerprint density at radius 1 is 0.892 bits per heavy atom. The molecule has 1 heterocycles. The van der Waals surface area contributed by atoms with Crippen LogP contribution in [0.25, 0.3) is 0 Å². The van der Waals surface area contributed by atoms with E-state index >= 15 is 0 Å². The van der Waals surface area contributed by atoms with E-state index < -0.39 is 23.8 Å². The lowest BCUT2D eigenvalue weighted by atomic mass is 10.0. The summed E-state index contributed by atoms with van der Waals surface area (Å²) in [5.41, 5.74) is 3.80. The van der Waals surface area contributed by atoms with Gasteiger partial charge in [0.1, 0.15) is 11.8 Å². The highest BCUT2D eigenvalue weighted by molar-refractivity contribution is 6.00. The van der Waals surface area contributed by atoms with Crippen molar-refractivity contribution in [2.45, 2.75) is 33.4 Å². The molecule has 2 aromatic carbocycles. The fraction of sp³-hybridized carbons (Fsp3) is 0.259. The SMILES string of the molecule is Cc1cc(C(=O)NCc2cccc(O)c2)ccc1C(=O)NC(CNC(=O)c1cc(C)n(C)c1C)C(=O)O. The Kier molecular flexibility index (Phi) is 8.33. The number of aromatic hydroxyl groups is 1. The van der Waals surface area contributed by atoms with Crippen LogP contribution in [0.4, 0.5) is 0 Å². The molecule has 1 atom stereocenters. The first kappa shape index (κ1) is 27.0. The summed E-state index contributed by atoms with van der Waals surface area (Å²) in [4.78, 5) is 49.6. The van der Waals surface area contributed by atoms with Crippen LogP contribution in [-0.4, -0.2) is 51.1 Å². The fourth-order valence-electron chi connectivity index (χ4n) is 3.82. The number of aryl methyl sites for hydroxylation is 2. The van der Waals surface area contributed by atoms with Gasteiger partial charge in [-0.3, -0.25) is 14.4 Å². The Hall–Kier alpha value is -4.60. The maximum Gasteiger partial charge on any atom is 0.328 e. The quantitative estimate of drug-likeness (QED) is 0.300. The number of carboxylic acids is 1. The van der Waals surface area contributed by atoms with Crippen molar-refractivity contribution in [3.05, 3.63) is 87.7 Å². The Morgan fingerprint density at radius 3 is 2.22 bits per heavy atom. The molecular formula is C27H30N4O6. The first-order chi connectivity index (χ1) is 17.5. The molecule has 0 aliphatic carbocycles. The normalized spacial score (nSPS) is 11.5. The van der Waals surface area contributed by atoms with Crippen molar-refractivity contribution in [2.24, 2.45) is 7.05 Å². The molecule has 1 aromatic heterocycles. The molecule has 37 heavy (non-hydrogen) atoms. The number of hydrogen-bond acceptors (Lipinski definition) is 5. The summed E-state index contributed by atoms with van der Waals surface area (Å²) < 4.78 is 1.85. The van der Waals surface area contributed by atoms with Gasteiger partial charge in [0.05, 0.1) is 5.56 Å². The van der Waals surface area contributed by atoms with Gasteiger partial charge in [0.25, 0.3) is 17.7 Å². The lowest BCUT2D eigenvalue weighted by molar-refractivity contribution is -0.139. The number of carbonyl (C=O) groups is 4. The zero-order valence-electron chi connectivity index (χ0n) is 21.1. The number of rotatable bonds is 9. The van der Waals surface area contributed by atoms with Gasteiger partial charge < -0.3 is 30.7 Å². The molecule has 0 saturated heterocycles. The molecule has 10 nitrogen and oxygen atoms in total. The highest BCUT2D eigenvalue weighted by Crippen LogP contribution is 2.15. The summed E-state index contributed by atoms with van der Waals surface area (Å²) in [6, 6.07) is 11.3. The van der Waals surface area contributed by atoms with Crippen LogP contribution in [0.5, 0.6) is 5.75 Å². The molecule has 194 valence electrons. The number of nitrogens with one attached hydrogen (secondary N) is 3. The van der Waals surface area contributed by atoms with Crippen LogP contribution in [0, 0.1) is 20.8 Å². The number of hydrogen-bond donors (Lipinski definition) is 5. The largest absolute Gasteiger partial charge is 0.508 e. The van der Waals surface area contributed by atoms with Crippen LogP contribution < -0.4 is 16.0 Å². The zero-order valence-corrected chi connectivity index (χ0v) is 21.1. The Labute approximate surface area is 214 Å². The van der Waals surface area contributed by atoms with Crippen molar-refractivity contribution in [1.82, 2.24) is 20.5 Å². The van der Waals surface area contributed by atoms with Crippen LogP contribution in [0.3, 0.4) is 0 Å². The summed E-state index contributed by atoms with van der Waals surface area (Å²) in [6.07, 6.45) is 0. The maximum absolute atomic E-state index is 12.8. The van der Waals surface area contributed by atoms with Gasteiger partial charge in [-0.15, -0.1) is 0 Å². The molecule has 0 aliphatic rings. The average Bonchev–Trinajstić information content (AvgIpc) is 3.11. The van der Waals surface area contributed by atoms with Crippen molar-refractivity contribution in [1.29, 1.82) is 0 Å². The van der Waals surface area contributed by atoms with E-state index in [2.05, 4.69) is 16.0 Å². The lowest BCUT2D eigenvalue weighted by Gasteiger charge is -2.16. The van der Waals surface area contributed by atoms with Gasteiger partial charge >= 0.3 is 5.97 Å². The summed E-state index contributed by atoms with van der Waals surface area (Å²) >= 11 is 0. The maximum atomic E-state index is 12.8. The van der Waals surface area contributed by atoms with Crippen LogP contribution in [0.2, 0.25) is 0 Å². The van der Waals surface area contributed by atoms with Crippen molar-refractivity contribution in [2.75, 3.05) is 6.54 Å². The van der Waals surface area contributed by atoms with Crippen LogP contribution in [-0.2, 0) is 18.4 Å². The highest BCUT2D eigenvalue weighted by atomic mass is 16.4. The van der Waals surface area contributed by atoms with Crippen LogP contribution >= 0.6 is 0 Å². The third-order valence-corrected chi connectivity index (χ3v) is 6.19. The predicted molar refractivity (Wildman–Crippen MR) is 137 cm³/mol. The molecule has 1 unspecified atom stereocenters. The summed E-state index contributed by atoms with van der Waals surface area (Å²) in [5, 5.41) is 26.9. The van der Waals surface area contributed by atoms with E-state index in [4.69, 9.17) is 0 Å². The van der Waals surface area contributed by atoms with Gasteiger partial charge in [-0.05, 0) is 68.3 Å². The molecule has 0 fully saturated rings. The topological polar surface area (TPSA) is 150 Å². The molecule has 0 saturated carbocycles. The monoisotopic (exact) mass is 506 g/mol. The number of carbonyl (C=O) groups excluding carboxylic acids is 3. The Bertz CT molecular complexity index is 1360. The Morgan fingerprint density at radius 2 is 1.62 bits per heavy atom. The van der Waals surface area contributed by atoms with Crippen molar-refractivity contribution >= 4 is 23.7 Å². The summed E-state index contributed by atoms with van der Waals surface area (Å²) in [6.45, 7) is 5.19. The standard InChI is InChI=1S/C27H30N4O6/c1-15-10-19(24(33)28-13-18-6-5-7-20(32)12-18)8-9-21(15)26(35)30-23(27(36)37)14-29-25(34)22-11-16(2)31(4)17(22)3/h5-12,23,32H,13-14H2,1-4H3,(H,28,33)(H,29,34)(H,30,35)(H,36,37). The van der Waals surface area contributed by atoms with E-state index in [0.29, 0.717) is 16.7 Å². The third kappa shape index (κ3) is 6.54. The minimum absolute atomic E-state index is 0.0995. The molecule has 3 aromatic rings. The van der Waals surface area contributed by atoms with Crippen molar-refractivity contribution < 1.29 is 29.4 Å². The van der Waals surface area contributed by atoms with E-state index in [0.717, 1.165) is 17.0 Å². The van der Waals surface area contributed by atoms with Gasteiger partial charge in [0, 0.05) is 42.7 Å². The van der Waals surface area contributed by atoms with E-state index in [1.54, 1.807) is 38.1 Å². The number of amides is 3. The van der Waals surface area contributed by atoms with Gasteiger partial charge in [0.2, 0.25) is 0 Å². The molecule has 5 N–H and O–H groups in total. The number of aromatic nitrogens is 1. The number of phenolic OH excluding ortho intramolecular Hbond substituents is 1. The number of aliphatic carboxylic acids is 1. The lowest BCUT2D eigenvalue weighted by Crippen LogP contribution is -2.48. The van der Waals surface area contributed by atoms with E-state index in [1.165, 1.54) is 24.3 Å². The van der Waals surface area contributed by atoms with E-state index in [9.17, 15) is 29.4 Å². The molecule has 3 rings (SSSR count). The average molecular weight is 507 g/mol. The summed E-state index contributed by atoms with van der Waals surface area (Å²) in [7, 11) is 1.83. The Balaban J connectivity index is 1.62. The molecular weight excluding hydrogens is 476 g/mol. The second-order valence-corrected chi connectivity index (χ2v) is 8.80. The van der Waals surface area contributed by atoms with E-state index in [-0.39, 0.29) is 30.3 Å². The zero-order chi connectivity index (χ0) is 27.3. The first-order valence-electron chi connectivity index (χ1n) is 11.6. The predicted octanol–water partition coefficient (Wildman–Crippen LogP) is 2.20. The third-order valence-electron chi connectivity index (χ3n) is 6.19. The van der Waals surface area contributed by atoms with Gasteiger partial charge in [-0.2, -0.15) is 0 Å². The number of phenols is 1. The number of nitrogens with zero attached hydrogens (tertiary/aromatic N) is 1. The minimum Gasteiger partial charge on any atom is -0.508 e. The van der Waals surface area contributed by atoms with Crippen LogP contribution in [0.15, 0.2) is 48.5 Å². The smallest absolute Gasteiger partial charge is 0.328 e. The molecule has 0 bridgehead atoms. The van der Waals surface area contributed by atoms with E-state index in [1.807, 2.05) is 18.5 Å². The second-order valence-electron chi connectivity index (χ2n) is 8.80. The summed E-state index contributed by atoms with van der Waals surface area (Å²) in [5.74, 6) is -2.63. The van der Waals surface area contributed by atoms with Gasteiger partial charge in [-0.1, -0.05) is 12.1 Å². The fourth-order valence-corrected chi connectivity index (χ4v) is 3.82. The number of benzene rings is 2. The van der Waals surface area contributed by atoms with Crippen LogP contribution in [0.1, 0.15) is 53.6 Å². The molecule has 0 aliphatic heterocycles. The van der Waals surface area contributed by atoms with Gasteiger partial charge in [0.15, 0.2) is 0 Å². The number of carboxylic acid groups (broad SMARTS) is 1. The minimum atomic E-state index is -1.36.